The summed E-state index contributed by atoms with van der Waals surface area (Å²) in [5.74, 6) is 0.494. The zero-order valence-corrected chi connectivity index (χ0v) is 9.15. The van der Waals surface area contributed by atoms with Crippen LogP contribution in [0.5, 0.6) is 0 Å². The highest BCUT2D eigenvalue weighted by molar-refractivity contribution is 7.89. The Morgan fingerprint density at radius 1 is 1.43 bits per heavy atom. The first kappa shape index (κ1) is 11.7. The maximum absolute atomic E-state index is 11.3. The lowest BCUT2D eigenvalue weighted by atomic mass is 9.99. The number of rotatable bonds is 5. The van der Waals surface area contributed by atoms with Gasteiger partial charge in [0.05, 0.1) is 5.75 Å². The van der Waals surface area contributed by atoms with E-state index in [2.05, 4.69) is 16.6 Å². The second-order valence-electron chi connectivity index (χ2n) is 3.61. The van der Waals surface area contributed by atoms with Crippen LogP contribution in [0.25, 0.3) is 0 Å². The van der Waals surface area contributed by atoms with Gasteiger partial charge in [0.15, 0.2) is 0 Å². The van der Waals surface area contributed by atoms with Gasteiger partial charge >= 0.3 is 0 Å². The van der Waals surface area contributed by atoms with Gasteiger partial charge in [-0.2, -0.15) is 0 Å². The van der Waals surface area contributed by atoms with Gasteiger partial charge < -0.3 is 5.32 Å². The first-order valence-electron chi connectivity index (χ1n) is 4.93. The molecule has 1 saturated heterocycles. The molecule has 14 heavy (non-hydrogen) atoms. The second-order valence-corrected chi connectivity index (χ2v) is 5.46. The summed E-state index contributed by atoms with van der Waals surface area (Å²) in [5.41, 5.74) is 0. The molecule has 4 nitrogen and oxygen atoms in total. The highest BCUT2D eigenvalue weighted by atomic mass is 32.2. The van der Waals surface area contributed by atoms with Crippen molar-refractivity contribution in [3.05, 3.63) is 12.7 Å². The molecule has 0 aromatic rings. The molecule has 0 saturated carbocycles. The molecule has 2 N–H and O–H groups in total. The molecule has 1 heterocycles. The number of hydrogen-bond acceptors (Lipinski definition) is 3. The van der Waals surface area contributed by atoms with Crippen molar-refractivity contribution in [1.82, 2.24) is 10.0 Å². The van der Waals surface area contributed by atoms with Crippen LogP contribution in [0.15, 0.2) is 12.7 Å². The van der Waals surface area contributed by atoms with Crippen molar-refractivity contribution in [1.29, 1.82) is 0 Å². The minimum atomic E-state index is -3.12. The summed E-state index contributed by atoms with van der Waals surface area (Å²) in [4.78, 5) is 0. The third-order valence-corrected chi connectivity index (χ3v) is 3.67. The molecule has 82 valence electrons. The van der Waals surface area contributed by atoms with Crippen LogP contribution in [0.3, 0.4) is 0 Å². The van der Waals surface area contributed by atoms with Gasteiger partial charge in [-0.1, -0.05) is 6.08 Å². The number of sulfonamides is 1. The molecule has 0 amide bonds. The largest absolute Gasteiger partial charge is 0.317 e. The number of piperidine rings is 1. The Labute approximate surface area is 85.8 Å². The Morgan fingerprint density at radius 2 is 2.07 bits per heavy atom. The lowest BCUT2D eigenvalue weighted by Crippen LogP contribution is -2.36. The monoisotopic (exact) mass is 218 g/mol. The van der Waals surface area contributed by atoms with E-state index in [0.29, 0.717) is 12.5 Å². The fourth-order valence-electron chi connectivity index (χ4n) is 1.54. The molecule has 0 atom stereocenters. The molecular formula is C9H18N2O2S. The minimum Gasteiger partial charge on any atom is -0.317 e. The van der Waals surface area contributed by atoms with Gasteiger partial charge in [-0.25, -0.2) is 13.1 Å². The maximum atomic E-state index is 11.3. The Kier molecular flexibility index (Phi) is 4.57. The van der Waals surface area contributed by atoms with Crippen molar-refractivity contribution >= 4 is 10.0 Å². The third-order valence-electron chi connectivity index (χ3n) is 2.39. The predicted octanol–water partition coefficient (Wildman–Crippen LogP) is 0.0914. The highest BCUT2D eigenvalue weighted by Gasteiger charge is 2.15. The van der Waals surface area contributed by atoms with Crippen LogP contribution in [0.1, 0.15) is 12.8 Å². The van der Waals surface area contributed by atoms with Crippen LogP contribution in [-0.2, 0) is 10.0 Å². The van der Waals surface area contributed by atoms with Gasteiger partial charge in [-0.15, -0.1) is 6.58 Å². The SMILES string of the molecule is C=CCS(=O)(=O)NCC1CCNCC1. The smallest absolute Gasteiger partial charge is 0.215 e. The van der Waals surface area contributed by atoms with E-state index >= 15 is 0 Å². The van der Waals surface area contributed by atoms with Crippen LogP contribution in [0.4, 0.5) is 0 Å². The lowest BCUT2D eigenvalue weighted by molar-refractivity contribution is 0.372. The first-order chi connectivity index (χ1) is 6.64. The molecule has 5 heteroatoms. The van der Waals surface area contributed by atoms with Gasteiger partial charge in [-0.3, -0.25) is 0 Å². The van der Waals surface area contributed by atoms with E-state index in [9.17, 15) is 8.42 Å². The van der Waals surface area contributed by atoms with Crippen LogP contribution >= 0.6 is 0 Å². The normalized spacial score (nSPS) is 19.4. The molecular weight excluding hydrogens is 200 g/mol. The zero-order chi connectivity index (χ0) is 10.4. The van der Waals surface area contributed by atoms with Gasteiger partial charge in [0.25, 0.3) is 0 Å². The Balaban J connectivity index is 2.28. The Hall–Kier alpha value is -0.390. The molecule has 1 aliphatic heterocycles. The van der Waals surface area contributed by atoms with Gasteiger partial charge in [0, 0.05) is 6.54 Å². The van der Waals surface area contributed by atoms with Gasteiger partial charge in [-0.05, 0) is 31.8 Å². The van der Waals surface area contributed by atoms with Crippen LogP contribution in [-0.4, -0.2) is 33.8 Å². The van der Waals surface area contributed by atoms with Gasteiger partial charge in [0.1, 0.15) is 0 Å². The van der Waals surface area contributed by atoms with E-state index in [-0.39, 0.29) is 5.75 Å². The Bertz CT molecular complexity index is 269. The fourth-order valence-corrected chi connectivity index (χ4v) is 2.46. The van der Waals surface area contributed by atoms with Crippen molar-refractivity contribution in [3.63, 3.8) is 0 Å². The molecule has 0 radical (unpaired) electrons. The van der Waals surface area contributed by atoms with E-state index in [1.165, 1.54) is 6.08 Å². The molecule has 0 aromatic carbocycles. The predicted molar refractivity (Wildman–Crippen MR) is 57.6 cm³/mol. The minimum absolute atomic E-state index is 0.0119. The third kappa shape index (κ3) is 4.21. The van der Waals surface area contributed by atoms with Crippen molar-refractivity contribution in [2.75, 3.05) is 25.4 Å². The van der Waals surface area contributed by atoms with Crippen molar-refractivity contribution in [2.24, 2.45) is 5.92 Å². The number of hydrogen-bond donors (Lipinski definition) is 2. The van der Waals surface area contributed by atoms with E-state index in [0.717, 1.165) is 25.9 Å². The van der Waals surface area contributed by atoms with E-state index in [1.54, 1.807) is 0 Å². The van der Waals surface area contributed by atoms with Gasteiger partial charge in [0.2, 0.25) is 10.0 Å². The second kappa shape index (κ2) is 5.48. The summed E-state index contributed by atoms with van der Waals surface area (Å²) in [5, 5.41) is 3.24. The molecule has 1 rings (SSSR count). The zero-order valence-electron chi connectivity index (χ0n) is 8.33. The highest BCUT2D eigenvalue weighted by Crippen LogP contribution is 2.10. The average molecular weight is 218 g/mol. The summed E-state index contributed by atoms with van der Waals surface area (Å²) in [6, 6.07) is 0. The summed E-state index contributed by atoms with van der Waals surface area (Å²) >= 11 is 0. The number of nitrogens with one attached hydrogen (secondary N) is 2. The quantitative estimate of drug-likeness (QED) is 0.643. The molecule has 0 unspecified atom stereocenters. The maximum Gasteiger partial charge on any atom is 0.215 e. The van der Waals surface area contributed by atoms with Crippen molar-refractivity contribution < 1.29 is 8.42 Å². The molecule has 0 aliphatic carbocycles. The topological polar surface area (TPSA) is 58.2 Å². The molecule has 1 aliphatic rings. The van der Waals surface area contributed by atoms with Crippen molar-refractivity contribution in [2.45, 2.75) is 12.8 Å². The first-order valence-corrected chi connectivity index (χ1v) is 6.58. The summed E-state index contributed by atoms with van der Waals surface area (Å²) < 4.78 is 25.2. The summed E-state index contributed by atoms with van der Waals surface area (Å²) in [6.07, 6.45) is 3.51. The van der Waals surface area contributed by atoms with E-state index in [1.807, 2.05) is 0 Å². The molecule has 0 aromatic heterocycles. The standard InChI is InChI=1S/C9H18N2O2S/c1-2-7-14(12,13)11-8-9-3-5-10-6-4-9/h2,9-11H,1,3-8H2. The molecule has 1 fully saturated rings. The average Bonchev–Trinajstić information content (AvgIpc) is 2.17. The Morgan fingerprint density at radius 3 is 2.64 bits per heavy atom. The molecule has 0 bridgehead atoms. The van der Waals surface area contributed by atoms with Crippen LogP contribution in [0, 0.1) is 5.92 Å². The summed E-state index contributed by atoms with van der Waals surface area (Å²) in [7, 11) is -3.12. The van der Waals surface area contributed by atoms with Crippen molar-refractivity contribution in [3.8, 4) is 0 Å². The summed E-state index contributed by atoms with van der Waals surface area (Å²) in [6.45, 7) is 5.97. The van der Waals surface area contributed by atoms with Crippen LogP contribution in [0.2, 0.25) is 0 Å². The van der Waals surface area contributed by atoms with E-state index in [4.69, 9.17) is 0 Å². The molecule has 0 spiro atoms. The lowest BCUT2D eigenvalue weighted by Gasteiger charge is -2.22. The fraction of sp³-hybridized carbons (Fsp3) is 0.778. The van der Waals surface area contributed by atoms with Crippen LogP contribution < -0.4 is 10.0 Å². The van der Waals surface area contributed by atoms with E-state index < -0.39 is 10.0 Å².